The minimum Gasteiger partial charge on any atom is -0.298 e. The summed E-state index contributed by atoms with van der Waals surface area (Å²) in [7, 11) is 0. The summed E-state index contributed by atoms with van der Waals surface area (Å²) >= 11 is 12.3. The van der Waals surface area contributed by atoms with Gasteiger partial charge in [-0.25, -0.2) is 0 Å². The van der Waals surface area contributed by atoms with E-state index in [4.69, 9.17) is 23.2 Å². The monoisotopic (exact) mass is 417 g/mol. The number of carbonyl (C=O) groups is 3. The molecule has 2 aromatic rings. The van der Waals surface area contributed by atoms with Crippen molar-refractivity contribution in [3.63, 3.8) is 0 Å². The zero-order chi connectivity index (χ0) is 20.7. The molecule has 0 spiro atoms. The van der Waals surface area contributed by atoms with Gasteiger partial charge in [0.05, 0.1) is 6.04 Å². The van der Waals surface area contributed by atoms with Crippen molar-refractivity contribution in [3.8, 4) is 0 Å². The second kappa shape index (κ2) is 7.69. The first-order chi connectivity index (χ1) is 13.1. The quantitative estimate of drug-likeness (QED) is 0.512. The van der Waals surface area contributed by atoms with E-state index in [1.54, 1.807) is 50.2 Å². The maximum absolute atomic E-state index is 13.0. The van der Waals surface area contributed by atoms with Crippen molar-refractivity contribution in [2.75, 3.05) is 4.90 Å². The van der Waals surface area contributed by atoms with Crippen LogP contribution in [0.5, 0.6) is 0 Å². The fraction of sp³-hybridized carbons (Fsp3) is 0.318. The van der Waals surface area contributed by atoms with E-state index in [9.17, 15) is 14.4 Å². The predicted molar refractivity (Wildman–Crippen MR) is 111 cm³/mol. The number of aryl methyl sites for hydroxylation is 2. The Morgan fingerprint density at radius 2 is 1.57 bits per heavy atom. The van der Waals surface area contributed by atoms with Crippen molar-refractivity contribution >= 4 is 46.4 Å². The lowest BCUT2D eigenvalue weighted by molar-refractivity contribution is -0.139. The lowest BCUT2D eigenvalue weighted by atomic mass is 9.83. The van der Waals surface area contributed by atoms with Crippen LogP contribution in [0.3, 0.4) is 0 Å². The van der Waals surface area contributed by atoms with Gasteiger partial charge in [0.25, 0.3) is 5.91 Å². The highest BCUT2D eigenvalue weighted by Crippen LogP contribution is 2.44. The average Bonchev–Trinajstić information content (AvgIpc) is 2.87. The molecule has 0 saturated carbocycles. The summed E-state index contributed by atoms with van der Waals surface area (Å²) < 4.78 is 0. The van der Waals surface area contributed by atoms with Crippen LogP contribution >= 0.6 is 23.2 Å². The number of nitrogens with zero attached hydrogens (tertiary/aromatic N) is 1. The van der Waals surface area contributed by atoms with Gasteiger partial charge in [-0.15, -0.1) is 0 Å². The Bertz CT molecular complexity index is 984. The van der Waals surface area contributed by atoms with Crippen LogP contribution in [0, 0.1) is 25.7 Å². The van der Waals surface area contributed by atoms with Crippen molar-refractivity contribution in [2.45, 2.75) is 33.7 Å². The molecule has 2 atom stereocenters. The van der Waals surface area contributed by atoms with Crippen LogP contribution in [0.1, 0.15) is 36.6 Å². The van der Waals surface area contributed by atoms with E-state index in [0.29, 0.717) is 15.7 Å². The third kappa shape index (κ3) is 3.47. The first-order valence-electron chi connectivity index (χ1n) is 9.06. The molecule has 1 saturated heterocycles. The van der Waals surface area contributed by atoms with Gasteiger partial charge >= 0.3 is 0 Å². The number of carbonyl (C=O) groups excluding carboxylic acids is 3. The second-order valence-corrected chi connectivity index (χ2v) is 8.32. The number of hydrogen-bond donors (Lipinski definition) is 0. The summed E-state index contributed by atoms with van der Waals surface area (Å²) in [5.74, 6) is -3.07. The van der Waals surface area contributed by atoms with Gasteiger partial charge < -0.3 is 0 Å². The summed E-state index contributed by atoms with van der Waals surface area (Å²) in [6.45, 7) is 7.17. The zero-order valence-corrected chi connectivity index (χ0v) is 17.6. The van der Waals surface area contributed by atoms with E-state index >= 15 is 0 Å². The third-order valence-electron chi connectivity index (χ3n) is 5.16. The standard InChI is InChI=1S/C22H21Cl2NO3/c1-11(2)20(26)18-19(16-8-7-14(23)9-13(16)4)25(22(28)21(18)27)17-10-15(24)6-5-12(17)3/h5-11,18-19H,1-4H3. The van der Waals surface area contributed by atoms with Crippen LogP contribution < -0.4 is 4.90 Å². The molecule has 0 N–H and O–H groups in total. The Kier molecular flexibility index (Phi) is 5.64. The van der Waals surface area contributed by atoms with Crippen LogP contribution in [-0.2, 0) is 14.4 Å². The molecule has 28 heavy (non-hydrogen) atoms. The normalized spacial score (nSPS) is 19.6. The van der Waals surface area contributed by atoms with Crippen molar-refractivity contribution in [1.82, 2.24) is 0 Å². The first-order valence-corrected chi connectivity index (χ1v) is 9.82. The maximum Gasteiger partial charge on any atom is 0.295 e. The molecule has 0 aliphatic carbocycles. The van der Waals surface area contributed by atoms with Crippen molar-refractivity contribution in [2.24, 2.45) is 11.8 Å². The molecule has 0 radical (unpaired) electrons. The van der Waals surface area contributed by atoms with Gasteiger partial charge in [0.2, 0.25) is 5.78 Å². The summed E-state index contributed by atoms with van der Waals surface area (Å²) in [5.41, 5.74) is 2.86. The fourth-order valence-corrected chi connectivity index (χ4v) is 4.10. The van der Waals surface area contributed by atoms with Gasteiger partial charge in [-0.3, -0.25) is 19.3 Å². The number of ketones is 2. The minimum atomic E-state index is -1.06. The van der Waals surface area contributed by atoms with Gasteiger partial charge in [0, 0.05) is 21.7 Å². The molecule has 0 bridgehead atoms. The van der Waals surface area contributed by atoms with E-state index in [0.717, 1.165) is 16.7 Å². The Morgan fingerprint density at radius 1 is 0.964 bits per heavy atom. The maximum atomic E-state index is 13.0. The van der Waals surface area contributed by atoms with E-state index in [1.165, 1.54) is 4.90 Å². The predicted octanol–water partition coefficient (Wildman–Crippen LogP) is 5.11. The molecular formula is C22H21Cl2NO3. The van der Waals surface area contributed by atoms with E-state index < -0.39 is 23.7 Å². The van der Waals surface area contributed by atoms with Gasteiger partial charge in [-0.2, -0.15) is 0 Å². The number of Topliss-reactive ketones (excluding diaryl/α,β-unsaturated/α-hetero) is 2. The summed E-state index contributed by atoms with van der Waals surface area (Å²) in [6, 6.07) is 9.69. The highest BCUT2D eigenvalue weighted by Gasteiger charge is 2.53. The Labute approximate surface area is 174 Å². The molecule has 2 unspecified atom stereocenters. The lowest BCUT2D eigenvalue weighted by Gasteiger charge is -2.30. The highest BCUT2D eigenvalue weighted by molar-refractivity contribution is 6.48. The zero-order valence-electron chi connectivity index (χ0n) is 16.1. The molecule has 1 aliphatic rings. The molecule has 2 aromatic carbocycles. The largest absolute Gasteiger partial charge is 0.298 e. The molecule has 6 heteroatoms. The second-order valence-electron chi connectivity index (χ2n) is 7.45. The van der Waals surface area contributed by atoms with Gasteiger partial charge in [-0.05, 0) is 54.8 Å². The van der Waals surface area contributed by atoms with Gasteiger partial charge in [0.15, 0.2) is 0 Å². The number of anilines is 1. The summed E-state index contributed by atoms with van der Waals surface area (Å²) in [6.07, 6.45) is 0. The highest BCUT2D eigenvalue weighted by atomic mass is 35.5. The smallest absolute Gasteiger partial charge is 0.295 e. The average molecular weight is 418 g/mol. The number of amides is 1. The van der Waals surface area contributed by atoms with Crippen molar-refractivity contribution < 1.29 is 14.4 Å². The van der Waals surface area contributed by atoms with Gasteiger partial charge in [-0.1, -0.05) is 49.2 Å². The van der Waals surface area contributed by atoms with Crippen LogP contribution in [-0.4, -0.2) is 17.5 Å². The molecule has 0 aromatic heterocycles. The molecule has 1 amide bonds. The van der Waals surface area contributed by atoms with Gasteiger partial charge in [0.1, 0.15) is 11.7 Å². The Morgan fingerprint density at radius 3 is 2.18 bits per heavy atom. The number of benzene rings is 2. The summed E-state index contributed by atoms with van der Waals surface area (Å²) in [4.78, 5) is 40.3. The molecule has 3 rings (SSSR count). The van der Waals surface area contributed by atoms with Crippen LogP contribution in [0.4, 0.5) is 5.69 Å². The molecule has 4 nitrogen and oxygen atoms in total. The molecule has 1 aliphatic heterocycles. The van der Waals surface area contributed by atoms with E-state index in [-0.39, 0.29) is 11.7 Å². The van der Waals surface area contributed by atoms with Crippen molar-refractivity contribution in [3.05, 3.63) is 63.1 Å². The van der Waals surface area contributed by atoms with Crippen molar-refractivity contribution in [1.29, 1.82) is 0 Å². The molecule has 1 fully saturated rings. The molecule has 1 heterocycles. The van der Waals surface area contributed by atoms with E-state index in [2.05, 4.69) is 0 Å². The number of hydrogen-bond acceptors (Lipinski definition) is 3. The van der Waals surface area contributed by atoms with Crippen LogP contribution in [0.2, 0.25) is 10.0 Å². The van der Waals surface area contributed by atoms with E-state index in [1.807, 2.05) is 13.8 Å². The molecular weight excluding hydrogens is 397 g/mol. The van der Waals surface area contributed by atoms with Crippen LogP contribution in [0.25, 0.3) is 0 Å². The lowest BCUT2D eigenvalue weighted by Crippen LogP contribution is -2.32. The fourth-order valence-electron chi connectivity index (χ4n) is 3.71. The topological polar surface area (TPSA) is 54.5 Å². The summed E-state index contributed by atoms with van der Waals surface area (Å²) in [5, 5.41) is 1.00. The number of halogens is 2. The Hall–Kier alpha value is -2.17. The third-order valence-corrected chi connectivity index (χ3v) is 5.63. The SMILES string of the molecule is Cc1cc(Cl)ccc1C1C(C(=O)C(C)C)C(=O)C(=O)N1c1cc(Cl)ccc1C. The van der Waals surface area contributed by atoms with Crippen LogP contribution in [0.15, 0.2) is 36.4 Å². The Balaban J connectivity index is 2.26. The number of rotatable bonds is 4. The minimum absolute atomic E-state index is 0.250. The molecule has 146 valence electrons. The first kappa shape index (κ1) is 20.6.